The van der Waals surface area contributed by atoms with Gasteiger partial charge in [0.25, 0.3) is 0 Å². The Labute approximate surface area is 159 Å². The van der Waals surface area contributed by atoms with Gasteiger partial charge in [-0.15, -0.1) is 0 Å². The third kappa shape index (κ3) is 4.05. The molecule has 1 saturated heterocycles. The smallest absolute Gasteiger partial charge is 0.335 e. The van der Waals surface area contributed by atoms with Gasteiger partial charge in [0.1, 0.15) is 0 Å². The van der Waals surface area contributed by atoms with Crippen LogP contribution in [-0.4, -0.2) is 44.0 Å². The van der Waals surface area contributed by atoms with E-state index in [9.17, 15) is 18.3 Å². The van der Waals surface area contributed by atoms with Crippen LogP contribution in [0.5, 0.6) is 0 Å². The normalized spacial score (nSPS) is 16.4. The Morgan fingerprint density at radius 1 is 1.07 bits per heavy atom. The van der Waals surface area contributed by atoms with Gasteiger partial charge in [0.05, 0.1) is 16.6 Å². The molecular formula is C20H23NO5S. The van der Waals surface area contributed by atoms with Crippen molar-refractivity contribution in [3.05, 3.63) is 53.6 Å². The number of hydrogen-bond acceptors (Lipinski definition) is 4. The molecular weight excluding hydrogens is 366 g/mol. The van der Waals surface area contributed by atoms with Crippen LogP contribution in [0.4, 0.5) is 0 Å². The molecule has 0 unspecified atom stereocenters. The van der Waals surface area contributed by atoms with Crippen molar-refractivity contribution >= 4 is 16.0 Å². The summed E-state index contributed by atoms with van der Waals surface area (Å²) in [7, 11) is -2.07. The molecule has 2 aromatic carbocycles. The lowest BCUT2D eigenvalue weighted by molar-refractivity contribution is 0.0696. The Hall–Kier alpha value is -2.22. The summed E-state index contributed by atoms with van der Waals surface area (Å²) in [5.74, 6) is -1.15. The number of rotatable bonds is 6. The maximum atomic E-state index is 12.9. The van der Waals surface area contributed by atoms with E-state index in [2.05, 4.69) is 0 Å². The number of sulfonamides is 1. The molecule has 0 radical (unpaired) electrons. The number of methoxy groups -OCH3 is 1. The third-order valence-corrected chi connectivity index (χ3v) is 6.80. The third-order valence-electron chi connectivity index (χ3n) is 4.92. The molecule has 1 fully saturated rings. The van der Waals surface area contributed by atoms with Crippen molar-refractivity contribution in [2.24, 2.45) is 0 Å². The van der Waals surface area contributed by atoms with Crippen molar-refractivity contribution in [2.45, 2.75) is 30.8 Å². The number of benzene rings is 2. The fraction of sp³-hybridized carbons (Fsp3) is 0.350. The van der Waals surface area contributed by atoms with Crippen molar-refractivity contribution < 1.29 is 23.1 Å². The highest BCUT2D eigenvalue weighted by molar-refractivity contribution is 7.89. The Morgan fingerprint density at radius 3 is 2.26 bits per heavy atom. The molecule has 0 saturated carbocycles. The molecule has 2 aromatic rings. The van der Waals surface area contributed by atoms with Crippen LogP contribution < -0.4 is 0 Å². The van der Waals surface area contributed by atoms with Crippen LogP contribution in [0.1, 0.15) is 41.8 Å². The van der Waals surface area contributed by atoms with Gasteiger partial charge in [0.15, 0.2) is 0 Å². The first-order valence-corrected chi connectivity index (χ1v) is 10.3. The molecule has 0 spiro atoms. The average molecular weight is 389 g/mol. The Bertz CT molecular complexity index is 931. The van der Waals surface area contributed by atoms with Gasteiger partial charge in [0.2, 0.25) is 10.0 Å². The molecule has 27 heavy (non-hydrogen) atoms. The molecule has 3 rings (SSSR count). The quantitative estimate of drug-likeness (QED) is 0.817. The molecule has 1 atom stereocenters. The van der Waals surface area contributed by atoms with Crippen molar-refractivity contribution in [3.63, 3.8) is 0 Å². The summed E-state index contributed by atoms with van der Waals surface area (Å²) in [6, 6.07) is 11.8. The number of ether oxygens (including phenoxy) is 1. The number of nitrogens with zero attached hydrogens (tertiary/aromatic N) is 1. The van der Waals surface area contributed by atoms with Gasteiger partial charge in [-0.2, -0.15) is 4.31 Å². The second-order valence-corrected chi connectivity index (χ2v) is 8.60. The fourth-order valence-corrected chi connectivity index (χ4v) is 4.79. The van der Waals surface area contributed by atoms with Crippen molar-refractivity contribution in [1.29, 1.82) is 0 Å². The van der Waals surface area contributed by atoms with Gasteiger partial charge in [-0.1, -0.05) is 24.3 Å². The first-order valence-electron chi connectivity index (χ1n) is 8.84. The van der Waals surface area contributed by atoms with E-state index in [-0.39, 0.29) is 16.6 Å². The number of hydrogen-bond donors (Lipinski definition) is 1. The fourth-order valence-electron chi connectivity index (χ4n) is 3.20. The summed E-state index contributed by atoms with van der Waals surface area (Å²) in [5.41, 5.74) is 2.26. The van der Waals surface area contributed by atoms with Crippen LogP contribution in [-0.2, 0) is 14.8 Å². The molecule has 1 aliphatic heterocycles. The molecule has 0 aromatic heterocycles. The summed E-state index contributed by atoms with van der Waals surface area (Å²) < 4.78 is 32.5. The van der Waals surface area contributed by atoms with Gasteiger partial charge in [-0.25, -0.2) is 13.2 Å². The molecule has 144 valence electrons. The summed E-state index contributed by atoms with van der Waals surface area (Å²) in [5, 5.41) is 9.44. The topological polar surface area (TPSA) is 83.9 Å². The van der Waals surface area contributed by atoms with Gasteiger partial charge >= 0.3 is 5.97 Å². The van der Waals surface area contributed by atoms with Crippen LogP contribution >= 0.6 is 0 Å². The Kier molecular flexibility index (Phi) is 5.64. The number of carboxylic acids is 1. The Balaban J connectivity index is 2.05. The van der Waals surface area contributed by atoms with Crippen molar-refractivity contribution in [1.82, 2.24) is 4.31 Å². The molecule has 0 amide bonds. The standard InChI is InChI=1S/C20H23NO5S/c1-14(26-2)15-5-7-16(8-6-15)17-11-18(20(22)23)13-19(12-17)27(24,25)21-9-3-4-10-21/h5-8,11-14H,3-4,9-10H2,1-2H3,(H,22,23)/t14-/m1/s1. The molecule has 1 heterocycles. The van der Waals surface area contributed by atoms with E-state index in [1.165, 1.54) is 16.4 Å². The molecule has 1 aliphatic rings. The minimum Gasteiger partial charge on any atom is -0.478 e. The van der Waals surface area contributed by atoms with Crippen LogP contribution in [0.25, 0.3) is 11.1 Å². The highest BCUT2D eigenvalue weighted by Gasteiger charge is 2.28. The van der Waals surface area contributed by atoms with Gasteiger partial charge in [-0.05, 0) is 54.7 Å². The zero-order valence-corrected chi connectivity index (χ0v) is 16.2. The molecule has 0 bridgehead atoms. The Morgan fingerprint density at radius 2 is 1.70 bits per heavy atom. The number of carboxylic acid groups (broad SMARTS) is 1. The largest absolute Gasteiger partial charge is 0.478 e. The first kappa shape index (κ1) is 19.5. The zero-order valence-electron chi connectivity index (χ0n) is 15.4. The summed E-state index contributed by atoms with van der Waals surface area (Å²) in [6.45, 7) is 2.87. The number of aromatic carboxylic acids is 1. The number of carbonyl (C=O) groups is 1. The van der Waals surface area contributed by atoms with E-state index in [1.807, 2.05) is 31.2 Å². The predicted molar refractivity (Wildman–Crippen MR) is 102 cm³/mol. The predicted octanol–water partition coefficient (Wildman–Crippen LogP) is 3.54. The van der Waals surface area contributed by atoms with E-state index in [4.69, 9.17) is 4.74 Å². The SMILES string of the molecule is CO[C@H](C)c1ccc(-c2cc(C(=O)O)cc(S(=O)(=O)N3CCCC3)c2)cc1. The molecule has 1 N–H and O–H groups in total. The second kappa shape index (κ2) is 7.80. The first-order chi connectivity index (χ1) is 12.8. The highest BCUT2D eigenvalue weighted by atomic mass is 32.2. The van der Waals surface area contributed by atoms with Crippen molar-refractivity contribution in [2.75, 3.05) is 20.2 Å². The lowest BCUT2D eigenvalue weighted by Crippen LogP contribution is -2.28. The maximum absolute atomic E-state index is 12.9. The minimum absolute atomic E-state index is 0.0219. The van der Waals surface area contributed by atoms with E-state index in [0.717, 1.165) is 24.0 Å². The monoisotopic (exact) mass is 389 g/mol. The van der Waals surface area contributed by atoms with Gasteiger partial charge < -0.3 is 9.84 Å². The molecule has 6 nitrogen and oxygen atoms in total. The lowest BCUT2D eigenvalue weighted by Gasteiger charge is -2.17. The van der Waals surface area contributed by atoms with Gasteiger partial charge in [0, 0.05) is 20.2 Å². The minimum atomic E-state index is -3.70. The van der Waals surface area contributed by atoms with E-state index < -0.39 is 16.0 Å². The summed E-state index contributed by atoms with van der Waals surface area (Å²) in [4.78, 5) is 11.6. The van der Waals surface area contributed by atoms with Crippen LogP contribution in [0.3, 0.4) is 0 Å². The van der Waals surface area contributed by atoms with Crippen LogP contribution in [0, 0.1) is 0 Å². The zero-order chi connectivity index (χ0) is 19.6. The van der Waals surface area contributed by atoms with Gasteiger partial charge in [-0.3, -0.25) is 0 Å². The van der Waals surface area contributed by atoms with Crippen LogP contribution in [0.15, 0.2) is 47.4 Å². The second-order valence-electron chi connectivity index (χ2n) is 6.66. The molecule has 7 heteroatoms. The lowest BCUT2D eigenvalue weighted by atomic mass is 10.0. The molecule has 0 aliphatic carbocycles. The maximum Gasteiger partial charge on any atom is 0.335 e. The summed E-state index contributed by atoms with van der Waals surface area (Å²) in [6.07, 6.45) is 1.59. The summed E-state index contributed by atoms with van der Waals surface area (Å²) >= 11 is 0. The van der Waals surface area contributed by atoms with Crippen LogP contribution in [0.2, 0.25) is 0 Å². The van der Waals surface area contributed by atoms with E-state index in [1.54, 1.807) is 13.2 Å². The van der Waals surface area contributed by atoms with E-state index in [0.29, 0.717) is 18.7 Å². The van der Waals surface area contributed by atoms with Crippen molar-refractivity contribution in [3.8, 4) is 11.1 Å². The average Bonchev–Trinajstić information content (AvgIpc) is 3.22. The highest BCUT2D eigenvalue weighted by Crippen LogP contribution is 2.29. The van der Waals surface area contributed by atoms with E-state index >= 15 is 0 Å².